The fraction of sp³-hybridized carbons (Fsp3) is 0.200. The molecule has 4 aromatic rings. The summed E-state index contributed by atoms with van der Waals surface area (Å²) < 4.78 is 1.13. The summed E-state index contributed by atoms with van der Waals surface area (Å²) in [5.74, 6) is -0.0439. The van der Waals surface area contributed by atoms with Crippen LogP contribution in [0.1, 0.15) is 27.0 Å². The van der Waals surface area contributed by atoms with Crippen molar-refractivity contribution in [1.29, 1.82) is 0 Å². The van der Waals surface area contributed by atoms with E-state index in [0.29, 0.717) is 12.1 Å². The molecule has 1 heterocycles. The van der Waals surface area contributed by atoms with E-state index in [2.05, 4.69) is 26.0 Å². The van der Waals surface area contributed by atoms with Crippen molar-refractivity contribution in [2.75, 3.05) is 23.9 Å². The number of carbonyl (C=O) groups excluding carboxylic acids is 1. The molecule has 0 saturated heterocycles. The lowest BCUT2D eigenvalue weighted by Gasteiger charge is -2.21. The third-order valence-electron chi connectivity index (χ3n) is 5.10. The van der Waals surface area contributed by atoms with Gasteiger partial charge in [0.2, 0.25) is 0 Å². The van der Waals surface area contributed by atoms with Crippen molar-refractivity contribution in [3.8, 4) is 0 Å². The molecule has 3 aromatic carbocycles. The topological polar surface area (TPSA) is 36.4 Å². The van der Waals surface area contributed by atoms with E-state index in [1.807, 2.05) is 73.6 Å². The first-order valence-corrected chi connectivity index (χ1v) is 10.7. The fourth-order valence-corrected chi connectivity index (χ4v) is 4.54. The van der Waals surface area contributed by atoms with Gasteiger partial charge in [0.05, 0.1) is 16.8 Å². The van der Waals surface area contributed by atoms with Gasteiger partial charge in [0.15, 0.2) is 5.13 Å². The largest absolute Gasteiger partial charge is 0.378 e. The van der Waals surface area contributed by atoms with Crippen molar-refractivity contribution in [3.05, 3.63) is 89.0 Å². The van der Waals surface area contributed by atoms with Crippen molar-refractivity contribution in [3.63, 3.8) is 0 Å². The first-order chi connectivity index (χ1) is 14.4. The summed E-state index contributed by atoms with van der Waals surface area (Å²) in [5.41, 5.74) is 6.11. The SMILES string of the molecule is Cc1cc(C)c2sc(N(Cc3ccccc3)C(=O)c3ccc(N(C)C)cc3)nc2c1. The van der Waals surface area contributed by atoms with Gasteiger partial charge in [0.1, 0.15) is 0 Å². The Bertz CT molecular complexity index is 1180. The van der Waals surface area contributed by atoms with Gasteiger partial charge in [-0.05, 0) is 60.9 Å². The highest BCUT2D eigenvalue weighted by Crippen LogP contribution is 2.33. The predicted octanol–water partition coefficient (Wildman–Crippen LogP) is 5.83. The van der Waals surface area contributed by atoms with Crippen molar-refractivity contribution in [1.82, 2.24) is 4.98 Å². The molecule has 0 aliphatic heterocycles. The minimum absolute atomic E-state index is 0.0439. The standard InChI is InChI=1S/C25H25N3OS/c1-17-14-18(2)23-22(15-17)26-25(30-23)28(16-19-8-6-5-7-9-19)24(29)20-10-12-21(13-11-20)27(3)4/h5-15H,16H2,1-4H3. The second kappa shape index (κ2) is 8.28. The number of amides is 1. The number of aryl methyl sites for hydroxylation is 2. The first kappa shape index (κ1) is 20.1. The van der Waals surface area contributed by atoms with Gasteiger partial charge in [-0.15, -0.1) is 0 Å². The summed E-state index contributed by atoms with van der Waals surface area (Å²) in [6.07, 6.45) is 0. The lowest BCUT2D eigenvalue weighted by Crippen LogP contribution is -2.30. The third-order valence-corrected chi connectivity index (χ3v) is 6.33. The molecule has 0 saturated carbocycles. The summed E-state index contributed by atoms with van der Waals surface area (Å²) in [5, 5.41) is 0.726. The number of aromatic nitrogens is 1. The summed E-state index contributed by atoms with van der Waals surface area (Å²) in [7, 11) is 3.98. The van der Waals surface area contributed by atoms with Gasteiger partial charge in [-0.2, -0.15) is 0 Å². The molecule has 0 fully saturated rings. The molecule has 0 bridgehead atoms. The van der Waals surface area contributed by atoms with Crippen LogP contribution in [0.3, 0.4) is 0 Å². The molecule has 0 aliphatic rings. The maximum absolute atomic E-state index is 13.5. The van der Waals surface area contributed by atoms with Crippen molar-refractivity contribution in [2.45, 2.75) is 20.4 Å². The van der Waals surface area contributed by atoms with Crippen molar-refractivity contribution in [2.24, 2.45) is 0 Å². The van der Waals surface area contributed by atoms with Gasteiger partial charge in [-0.3, -0.25) is 9.69 Å². The van der Waals surface area contributed by atoms with E-state index in [-0.39, 0.29) is 5.91 Å². The second-order valence-electron chi connectivity index (χ2n) is 7.74. The quantitative estimate of drug-likeness (QED) is 0.412. The van der Waals surface area contributed by atoms with Crippen LogP contribution in [-0.4, -0.2) is 25.0 Å². The van der Waals surface area contributed by atoms with Gasteiger partial charge in [0.25, 0.3) is 5.91 Å². The molecule has 152 valence electrons. The van der Waals surface area contributed by atoms with Crippen LogP contribution in [0.15, 0.2) is 66.7 Å². The highest BCUT2D eigenvalue weighted by Gasteiger charge is 2.22. The predicted molar refractivity (Wildman–Crippen MR) is 127 cm³/mol. The monoisotopic (exact) mass is 415 g/mol. The van der Waals surface area contributed by atoms with Crippen LogP contribution in [0.5, 0.6) is 0 Å². The molecule has 5 heteroatoms. The average molecular weight is 416 g/mol. The Kier molecular flexibility index (Phi) is 5.55. The smallest absolute Gasteiger partial charge is 0.260 e. The number of carbonyl (C=O) groups is 1. The number of nitrogens with zero attached hydrogens (tertiary/aromatic N) is 3. The highest BCUT2D eigenvalue weighted by molar-refractivity contribution is 7.22. The molecule has 4 nitrogen and oxygen atoms in total. The van der Waals surface area contributed by atoms with Gasteiger partial charge < -0.3 is 4.90 Å². The van der Waals surface area contributed by atoms with Crippen LogP contribution in [0.2, 0.25) is 0 Å². The number of rotatable bonds is 5. The molecular weight excluding hydrogens is 390 g/mol. The number of fused-ring (bicyclic) bond motifs is 1. The van der Waals surface area contributed by atoms with E-state index < -0.39 is 0 Å². The lowest BCUT2D eigenvalue weighted by molar-refractivity contribution is 0.0985. The van der Waals surface area contributed by atoms with Crippen LogP contribution in [-0.2, 0) is 6.54 Å². The third kappa shape index (κ3) is 4.07. The van der Waals surface area contributed by atoms with Crippen molar-refractivity contribution >= 4 is 38.3 Å². The first-order valence-electron chi connectivity index (χ1n) is 9.93. The van der Waals surface area contributed by atoms with Gasteiger partial charge in [-0.25, -0.2) is 4.98 Å². The molecule has 30 heavy (non-hydrogen) atoms. The van der Waals surface area contributed by atoms with Gasteiger partial charge in [-0.1, -0.05) is 47.7 Å². The van der Waals surface area contributed by atoms with E-state index in [0.717, 1.165) is 26.6 Å². The molecule has 0 unspecified atom stereocenters. The average Bonchev–Trinajstić information content (AvgIpc) is 3.16. The molecule has 0 N–H and O–H groups in total. The van der Waals surface area contributed by atoms with Crippen molar-refractivity contribution < 1.29 is 4.79 Å². The molecule has 1 amide bonds. The molecule has 0 aliphatic carbocycles. The number of hydrogen-bond acceptors (Lipinski definition) is 4. The Morgan fingerprint density at radius 2 is 1.67 bits per heavy atom. The Morgan fingerprint density at radius 1 is 0.967 bits per heavy atom. The molecule has 0 radical (unpaired) electrons. The van der Waals surface area contributed by atoms with Crippen LogP contribution in [0.25, 0.3) is 10.2 Å². The van der Waals surface area contributed by atoms with E-state index in [1.54, 1.807) is 16.2 Å². The Balaban J connectivity index is 1.76. The normalized spacial score (nSPS) is 10.9. The zero-order valence-electron chi connectivity index (χ0n) is 17.7. The maximum atomic E-state index is 13.5. The minimum atomic E-state index is -0.0439. The summed E-state index contributed by atoms with van der Waals surface area (Å²) in [6, 6.07) is 22.0. The van der Waals surface area contributed by atoms with Crippen LogP contribution < -0.4 is 9.80 Å². The summed E-state index contributed by atoms with van der Waals surface area (Å²) in [4.78, 5) is 22.2. The van der Waals surface area contributed by atoms with Crippen LogP contribution in [0, 0.1) is 13.8 Å². The number of anilines is 2. The minimum Gasteiger partial charge on any atom is -0.378 e. The second-order valence-corrected chi connectivity index (χ2v) is 8.72. The van der Waals surface area contributed by atoms with Gasteiger partial charge >= 0.3 is 0 Å². The fourth-order valence-electron chi connectivity index (χ4n) is 3.53. The number of benzene rings is 3. The van der Waals surface area contributed by atoms with E-state index in [9.17, 15) is 4.79 Å². The van der Waals surface area contributed by atoms with E-state index >= 15 is 0 Å². The van der Waals surface area contributed by atoms with Crippen LogP contribution >= 0.6 is 11.3 Å². The molecule has 1 aromatic heterocycles. The zero-order valence-corrected chi connectivity index (χ0v) is 18.5. The molecule has 0 atom stereocenters. The summed E-state index contributed by atoms with van der Waals surface area (Å²) in [6.45, 7) is 4.65. The number of hydrogen-bond donors (Lipinski definition) is 0. The Morgan fingerprint density at radius 3 is 2.33 bits per heavy atom. The molecule has 0 spiro atoms. The van der Waals surface area contributed by atoms with Crippen LogP contribution in [0.4, 0.5) is 10.8 Å². The maximum Gasteiger partial charge on any atom is 0.260 e. The highest BCUT2D eigenvalue weighted by atomic mass is 32.1. The van der Waals surface area contributed by atoms with E-state index in [4.69, 9.17) is 4.98 Å². The van der Waals surface area contributed by atoms with E-state index in [1.165, 1.54) is 11.1 Å². The number of thiazole rings is 1. The Hall–Kier alpha value is -3.18. The van der Waals surface area contributed by atoms with Gasteiger partial charge in [0, 0.05) is 25.3 Å². The molecular formula is C25H25N3OS. The lowest BCUT2D eigenvalue weighted by atomic mass is 10.1. The summed E-state index contributed by atoms with van der Waals surface area (Å²) >= 11 is 1.58. The Labute approximate surface area is 181 Å². The zero-order chi connectivity index (χ0) is 21.3. The molecule has 4 rings (SSSR count).